The average Bonchev–Trinajstić information content (AvgIpc) is 1.97. The predicted octanol–water partition coefficient (Wildman–Crippen LogP) is 2.76. The molecule has 1 aliphatic rings. The van der Waals surface area contributed by atoms with E-state index in [0.29, 0.717) is 5.92 Å². The highest BCUT2D eigenvalue weighted by Gasteiger charge is 2.27. The van der Waals surface area contributed by atoms with Crippen molar-refractivity contribution in [2.45, 2.75) is 52.6 Å². The molecule has 0 bridgehead atoms. The van der Waals surface area contributed by atoms with Crippen molar-refractivity contribution in [1.82, 2.24) is 0 Å². The van der Waals surface area contributed by atoms with Crippen LogP contribution in [0.1, 0.15) is 46.5 Å². The Balaban J connectivity index is 2.34. The van der Waals surface area contributed by atoms with Crippen molar-refractivity contribution in [1.29, 1.82) is 0 Å². The van der Waals surface area contributed by atoms with Gasteiger partial charge < -0.3 is 4.74 Å². The summed E-state index contributed by atoms with van der Waals surface area (Å²) in [5.74, 6) is 0.514. The Morgan fingerprint density at radius 1 is 1.46 bits per heavy atom. The van der Waals surface area contributed by atoms with Gasteiger partial charge in [-0.3, -0.25) is 4.79 Å². The summed E-state index contributed by atoms with van der Waals surface area (Å²) < 4.78 is 5.36. The van der Waals surface area contributed by atoms with E-state index in [-0.39, 0.29) is 18.0 Å². The smallest absolute Gasteiger partial charge is 0.309 e. The zero-order chi connectivity index (χ0) is 9.84. The van der Waals surface area contributed by atoms with Crippen molar-refractivity contribution in [2.75, 3.05) is 0 Å². The lowest BCUT2D eigenvalue weighted by atomic mass is 9.92. The van der Waals surface area contributed by atoms with Gasteiger partial charge in [0, 0.05) is 0 Å². The van der Waals surface area contributed by atoms with E-state index < -0.39 is 0 Å². The molecule has 0 aromatic rings. The molecule has 1 saturated carbocycles. The molecule has 0 aromatic carbocycles. The van der Waals surface area contributed by atoms with Gasteiger partial charge in [-0.1, -0.05) is 20.8 Å². The highest BCUT2D eigenvalue weighted by Crippen LogP contribution is 2.25. The Labute approximate surface area is 80.7 Å². The van der Waals surface area contributed by atoms with Gasteiger partial charge in [-0.25, -0.2) is 0 Å². The van der Waals surface area contributed by atoms with Gasteiger partial charge in [0.05, 0.1) is 5.92 Å². The molecule has 76 valence electrons. The second-order valence-electron chi connectivity index (χ2n) is 4.25. The van der Waals surface area contributed by atoms with Gasteiger partial charge >= 0.3 is 5.97 Å². The fraction of sp³-hybridized carbons (Fsp3) is 0.909. The number of hydrogen-bond donors (Lipinski definition) is 0. The Morgan fingerprint density at radius 2 is 2.08 bits per heavy atom. The third-order valence-electron chi connectivity index (χ3n) is 2.88. The van der Waals surface area contributed by atoms with Gasteiger partial charge in [-0.2, -0.15) is 0 Å². The lowest BCUT2D eigenvalue weighted by molar-refractivity contribution is -0.159. The van der Waals surface area contributed by atoms with Crippen molar-refractivity contribution in [3.05, 3.63) is 0 Å². The fourth-order valence-electron chi connectivity index (χ4n) is 1.65. The summed E-state index contributed by atoms with van der Waals surface area (Å²) in [5.41, 5.74) is 0. The van der Waals surface area contributed by atoms with E-state index in [9.17, 15) is 4.79 Å². The lowest BCUT2D eigenvalue weighted by Gasteiger charge is -2.28. The lowest BCUT2D eigenvalue weighted by Crippen LogP contribution is -2.30. The van der Waals surface area contributed by atoms with Crippen LogP contribution in [0.5, 0.6) is 0 Å². The second-order valence-corrected chi connectivity index (χ2v) is 4.25. The normalized spacial score (nSPS) is 19.7. The number of hydrogen-bond acceptors (Lipinski definition) is 2. The van der Waals surface area contributed by atoms with Crippen LogP contribution in [-0.2, 0) is 9.53 Å². The molecule has 0 radical (unpaired) electrons. The monoisotopic (exact) mass is 184 g/mol. The van der Waals surface area contributed by atoms with Crippen LogP contribution in [0.15, 0.2) is 0 Å². The van der Waals surface area contributed by atoms with E-state index in [0.717, 1.165) is 19.3 Å². The van der Waals surface area contributed by atoms with Crippen LogP contribution in [0, 0.1) is 11.8 Å². The molecule has 13 heavy (non-hydrogen) atoms. The van der Waals surface area contributed by atoms with Crippen LogP contribution in [0.3, 0.4) is 0 Å². The fourth-order valence-corrected chi connectivity index (χ4v) is 1.65. The molecule has 2 heteroatoms. The van der Waals surface area contributed by atoms with E-state index in [1.807, 2.05) is 6.92 Å². The first-order valence-electron chi connectivity index (χ1n) is 5.35. The minimum absolute atomic E-state index is 0.0159. The first-order valence-corrected chi connectivity index (χ1v) is 5.35. The Morgan fingerprint density at radius 3 is 2.38 bits per heavy atom. The number of carbonyl (C=O) groups excluding carboxylic acids is 1. The molecular weight excluding hydrogens is 164 g/mol. The maximum Gasteiger partial charge on any atom is 0.309 e. The van der Waals surface area contributed by atoms with Crippen LogP contribution in [-0.4, -0.2) is 12.1 Å². The predicted molar refractivity (Wildman–Crippen MR) is 52.4 cm³/mol. The Kier molecular flexibility index (Phi) is 3.76. The van der Waals surface area contributed by atoms with Crippen molar-refractivity contribution in [3.8, 4) is 0 Å². The largest absolute Gasteiger partial charge is 0.462 e. The van der Waals surface area contributed by atoms with Crippen LogP contribution >= 0.6 is 0 Å². The van der Waals surface area contributed by atoms with Crippen LogP contribution in [0.4, 0.5) is 0 Å². The van der Waals surface area contributed by atoms with Crippen LogP contribution in [0.2, 0.25) is 0 Å². The molecule has 0 amide bonds. The third kappa shape index (κ3) is 2.71. The summed E-state index contributed by atoms with van der Waals surface area (Å²) in [5, 5.41) is 0. The Bertz CT molecular complexity index is 171. The second kappa shape index (κ2) is 4.64. The molecule has 0 saturated heterocycles. The number of ether oxygens (including phenoxy) is 1. The Hall–Kier alpha value is -0.530. The molecule has 2 nitrogen and oxygen atoms in total. The maximum atomic E-state index is 11.6. The first-order chi connectivity index (χ1) is 6.15. The number of carbonyl (C=O) groups is 1. The molecule has 1 unspecified atom stereocenters. The first kappa shape index (κ1) is 10.6. The van der Waals surface area contributed by atoms with Gasteiger partial charge in [0.1, 0.15) is 6.10 Å². The molecule has 0 N–H and O–H groups in total. The van der Waals surface area contributed by atoms with Crippen LogP contribution < -0.4 is 0 Å². The van der Waals surface area contributed by atoms with Gasteiger partial charge in [0.2, 0.25) is 0 Å². The molecule has 1 atom stereocenters. The minimum Gasteiger partial charge on any atom is -0.462 e. The number of rotatable bonds is 4. The molecule has 1 aliphatic carbocycles. The van der Waals surface area contributed by atoms with E-state index >= 15 is 0 Å². The molecule has 1 rings (SSSR count). The summed E-state index contributed by atoms with van der Waals surface area (Å²) in [6, 6.07) is 0. The molecule has 0 spiro atoms. The highest BCUT2D eigenvalue weighted by molar-refractivity contribution is 5.72. The quantitative estimate of drug-likeness (QED) is 0.628. The zero-order valence-corrected chi connectivity index (χ0v) is 8.88. The zero-order valence-electron chi connectivity index (χ0n) is 8.88. The van der Waals surface area contributed by atoms with Crippen molar-refractivity contribution < 1.29 is 9.53 Å². The summed E-state index contributed by atoms with van der Waals surface area (Å²) in [4.78, 5) is 11.6. The topological polar surface area (TPSA) is 26.3 Å². The maximum absolute atomic E-state index is 11.6. The van der Waals surface area contributed by atoms with Crippen molar-refractivity contribution in [3.63, 3.8) is 0 Å². The minimum atomic E-state index is 0.0159. The average molecular weight is 184 g/mol. The molecule has 0 aliphatic heterocycles. The summed E-state index contributed by atoms with van der Waals surface area (Å²) >= 11 is 0. The SMILES string of the molecule is CCC(C(=O)OC1CCC1)C(C)C. The van der Waals surface area contributed by atoms with Gasteiger partial charge in [-0.05, 0) is 31.6 Å². The van der Waals surface area contributed by atoms with Crippen LogP contribution in [0.25, 0.3) is 0 Å². The molecule has 0 aromatic heterocycles. The molecular formula is C11H20O2. The van der Waals surface area contributed by atoms with E-state index in [4.69, 9.17) is 4.74 Å². The third-order valence-corrected chi connectivity index (χ3v) is 2.88. The van der Waals surface area contributed by atoms with Gasteiger partial charge in [0.15, 0.2) is 0 Å². The summed E-state index contributed by atoms with van der Waals surface area (Å²) in [7, 11) is 0. The van der Waals surface area contributed by atoms with E-state index in [1.54, 1.807) is 0 Å². The summed E-state index contributed by atoms with van der Waals surface area (Å²) in [6.45, 7) is 6.21. The standard InChI is InChI=1S/C11H20O2/c1-4-10(8(2)3)11(12)13-9-6-5-7-9/h8-10H,4-7H2,1-3H3. The number of esters is 1. The summed E-state index contributed by atoms with van der Waals surface area (Å²) in [6.07, 6.45) is 4.49. The highest BCUT2D eigenvalue weighted by atomic mass is 16.5. The van der Waals surface area contributed by atoms with Crippen molar-refractivity contribution >= 4 is 5.97 Å². The van der Waals surface area contributed by atoms with E-state index in [2.05, 4.69) is 13.8 Å². The van der Waals surface area contributed by atoms with E-state index in [1.165, 1.54) is 6.42 Å². The molecule has 1 fully saturated rings. The van der Waals surface area contributed by atoms with Gasteiger partial charge in [0.25, 0.3) is 0 Å². The van der Waals surface area contributed by atoms with Gasteiger partial charge in [-0.15, -0.1) is 0 Å². The van der Waals surface area contributed by atoms with Crippen molar-refractivity contribution in [2.24, 2.45) is 11.8 Å². The molecule has 0 heterocycles.